The molecule has 25 heavy (non-hydrogen) atoms. The molecule has 0 saturated heterocycles. The van der Waals surface area contributed by atoms with Gasteiger partial charge in [0.25, 0.3) is 0 Å². The van der Waals surface area contributed by atoms with E-state index in [-0.39, 0.29) is 0 Å². The molecule has 3 rings (SSSR count). The van der Waals surface area contributed by atoms with E-state index in [2.05, 4.69) is 78.4 Å². The summed E-state index contributed by atoms with van der Waals surface area (Å²) in [4.78, 5) is 4.03. The largest absolute Gasteiger partial charge is 0.313 e. The lowest BCUT2D eigenvalue weighted by molar-refractivity contribution is 1.06. The van der Waals surface area contributed by atoms with Crippen molar-refractivity contribution in [3.05, 3.63) is 76.2 Å². The molecule has 0 aliphatic carbocycles. The van der Waals surface area contributed by atoms with E-state index in [9.17, 15) is 0 Å². The highest BCUT2D eigenvalue weighted by molar-refractivity contribution is 5.75. The second kappa shape index (κ2) is 6.33. The van der Waals surface area contributed by atoms with Gasteiger partial charge in [0.05, 0.1) is 5.69 Å². The van der Waals surface area contributed by atoms with Crippen LogP contribution in [-0.4, -0.2) is 0 Å². The first-order valence-corrected chi connectivity index (χ1v) is 8.51. The van der Waals surface area contributed by atoms with Crippen LogP contribution in [0.2, 0.25) is 0 Å². The quantitative estimate of drug-likeness (QED) is 0.687. The third-order valence-corrected chi connectivity index (χ3v) is 4.58. The van der Waals surface area contributed by atoms with Gasteiger partial charge in [-0.2, -0.15) is 0 Å². The zero-order valence-corrected chi connectivity index (χ0v) is 15.9. The van der Waals surface area contributed by atoms with Gasteiger partial charge in [-0.25, -0.2) is 0 Å². The summed E-state index contributed by atoms with van der Waals surface area (Å²) in [5.41, 5.74) is 10.4. The second-order valence-electron chi connectivity index (χ2n) is 6.96. The van der Waals surface area contributed by atoms with Gasteiger partial charge in [0.1, 0.15) is 5.70 Å². The highest BCUT2D eigenvalue weighted by Gasteiger charge is 2.28. The molecule has 0 N–H and O–H groups in total. The maximum atomic E-state index is 5.81. The van der Waals surface area contributed by atoms with Crippen molar-refractivity contribution in [3.8, 4) is 12.3 Å². The van der Waals surface area contributed by atoms with Crippen LogP contribution in [0.3, 0.4) is 0 Å². The molecule has 1 aliphatic heterocycles. The molecule has 0 atom stereocenters. The summed E-state index contributed by atoms with van der Waals surface area (Å²) in [6.07, 6.45) is 7.79. The standard InChI is InChI=1S/C23H24N2/c1-8-21-13-24(22-17(4)9-15(2)10-18(22)5)14-25(21)23-19(6)11-16(3)12-20(23)7/h1,9-13H,2-7H3. The van der Waals surface area contributed by atoms with Crippen LogP contribution in [0.25, 0.3) is 0 Å². The minimum absolute atomic E-state index is 0.800. The van der Waals surface area contributed by atoms with E-state index in [1.807, 2.05) is 16.0 Å². The zero-order valence-electron chi connectivity index (χ0n) is 15.9. The fraction of sp³-hybridized carbons (Fsp3) is 0.261. The van der Waals surface area contributed by atoms with Crippen LogP contribution in [0.5, 0.6) is 0 Å². The first-order valence-electron chi connectivity index (χ1n) is 8.51. The average molecular weight is 328 g/mol. The average Bonchev–Trinajstić information content (AvgIpc) is 2.88. The topological polar surface area (TPSA) is 6.48 Å². The van der Waals surface area contributed by atoms with Gasteiger partial charge < -0.3 is 9.80 Å². The molecule has 0 bridgehead atoms. The van der Waals surface area contributed by atoms with E-state index in [1.54, 1.807) is 0 Å². The molecule has 0 spiro atoms. The van der Waals surface area contributed by atoms with Crippen molar-refractivity contribution in [2.45, 2.75) is 41.5 Å². The molecule has 126 valence electrons. The first-order chi connectivity index (χ1) is 11.8. The van der Waals surface area contributed by atoms with Gasteiger partial charge in [-0.05, 0) is 63.8 Å². The van der Waals surface area contributed by atoms with Gasteiger partial charge in [0, 0.05) is 11.9 Å². The highest BCUT2D eigenvalue weighted by Crippen LogP contribution is 2.37. The molecule has 0 unspecified atom stereocenters. The number of rotatable bonds is 2. The Balaban J connectivity index is 2.06. The molecule has 2 aromatic carbocycles. The van der Waals surface area contributed by atoms with Gasteiger partial charge >= 0.3 is 0 Å². The summed E-state index contributed by atoms with van der Waals surface area (Å²) in [5, 5.41) is 0. The number of hydrogen-bond donors (Lipinski definition) is 0. The van der Waals surface area contributed by atoms with Crippen LogP contribution in [0, 0.1) is 60.6 Å². The SMILES string of the molecule is C#CC1=CN(c2c(C)cc(C)cc2C)[C]N1c1c(C)cc(C)cc1C. The van der Waals surface area contributed by atoms with E-state index < -0.39 is 0 Å². The van der Waals surface area contributed by atoms with Crippen molar-refractivity contribution in [3.63, 3.8) is 0 Å². The van der Waals surface area contributed by atoms with Gasteiger partial charge in [-0.1, -0.05) is 41.3 Å². The Morgan fingerprint density at radius 1 is 0.760 bits per heavy atom. The zero-order chi connectivity index (χ0) is 18.3. The van der Waals surface area contributed by atoms with E-state index in [4.69, 9.17) is 6.42 Å². The van der Waals surface area contributed by atoms with E-state index in [0.717, 1.165) is 17.1 Å². The lowest BCUT2D eigenvalue weighted by atomic mass is 10.0. The van der Waals surface area contributed by atoms with Crippen LogP contribution in [0.4, 0.5) is 11.4 Å². The smallest absolute Gasteiger partial charge is 0.218 e. The Morgan fingerprint density at radius 3 is 1.64 bits per heavy atom. The maximum absolute atomic E-state index is 5.81. The molecular weight excluding hydrogens is 304 g/mol. The van der Waals surface area contributed by atoms with Crippen molar-refractivity contribution >= 4 is 11.4 Å². The molecule has 2 aromatic rings. The van der Waals surface area contributed by atoms with Crippen LogP contribution in [-0.2, 0) is 0 Å². The van der Waals surface area contributed by atoms with E-state index in [0.29, 0.717) is 0 Å². The fourth-order valence-corrected chi connectivity index (χ4v) is 3.83. The second-order valence-corrected chi connectivity index (χ2v) is 6.96. The number of terminal acetylenes is 1. The third kappa shape index (κ3) is 3.03. The lowest BCUT2D eigenvalue weighted by Gasteiger charge is -2.25. The molecule has 0 fully saturated rings. The Labute approximate surface area is 151 Å². The normalized spacial score (nSPS) is 13.9. The highest BCUT2D eigenvalue weighted by atomic mass is 15.4. The first kappa shape index (κ1) is 17.2. The van der Waals surface area contributed by atoms with Crippen LogP contribution in [0.15, 0.2) is 36.2 Å². The molecule has 0 saturated carbocycles. The Hall–Kier alpha value is -2.66. The number of anilines is 2. The Morgan fingerprint density at radius 2 is 1.20 bits per heavy atom. The van der Waals surface area contributed by atoms with Crippen molar-refractivity contribution in [2.75, 3.05) is 9.80 Å². The summed E-state index contributed by atoms with van der Waals surface area (Å²) in [5.74, 6) is 2.81. The number of nitrogens with zero attached hydrogens (tertiary/aromatic N) is 2. The van der Waals surface area contributed by atoms with Crippen molar-refractivity contribution in [1.82, 2.24) is 0 Å². The van der Waals surface area contributed by atoms with Gasteiger partial charge in [-0.15, -0.1) is 6.42 Å². The molecule has 0 amide bonds. The minimum Gasteiger partial charge on any atom is -0.313 e. The predicted molar refractivity (Wildman–Crippen MR) is 106 cm³/mol. The molecule has 1 heterocycles. The van der Waals surface area contributed by atoms with Crippen LogP contribution < -0.4 is 9.80 Å². The lowest BCUT2D eigenvalue weighted by Crippen LogP contribution is -2.22. The van der Waals surface area contributed by atoms with Crippen molar-refractivity contribution in [1.29, 1.82) is 0 Å². The predicted octanol–water partition coefficient (Wildman–Crippen LogP) is 5.33. The van der Waals surface area contributed by atoms with Gasteiger partial charge in [-0.3, -0.25) is 0 Å². The minimum atomic E-state index is 0.800. The third-order valence-electron chi connectivity index (χ3n) is 4.58. The Kier molecular flexibility index (Phi) is 4.35. The summed E-state index contributed by atoms with van der Waals surface area (Å²) >= 11 is 0. The Bertz CT molecular complexity index is 866. The number of allylic oxidation sites excluding steroid dienone is 1. The molecule has 0 aromatic heterocycles. The maximum Gasteiger partial charge on any atom is 0.218 e. The molecule has 2 nitrogen and oxygen atoms in total. The van der Waals surface area contributed by atoms with Gasteiger partial charge in [0.2, 0.25) is 6.67 Å². The molecular formula is C23H24N2. The number of aryl methyl sites for hydroxylation is 6. The molecule has 2 radical (unpaired) electrons. The fourth-order valence-electron chi connectivity index (χ4n) is 3.83. The molecule has 1 aliphatic rings. The van der Waals surface area contributed by atoms with Crippen molar-refractivity contribution in [2.24, 2.45) is 0 Å². The van der Waals surface area contributed by atoms with Crippen molar-refractivity contribution < 1.29 is 0 Å². The monoisotopic (exact) mass is 328 g/mol. The number of hydrogen-bond acceptors (Lipinski definition) is 2. The summed E-state index contributed by atoms with van der Waals surface area (Å²) in [7, 11) is 0. The van der Waals surface area contributed by atoms with Crippen LogP contribution in [0.1, 0.15) is 33.4 Å². The molecule has 2 heteroatoms. The summed E-state index contributed by atoms with van der Waals surface area (Å²) in [6.45, 7) is 16.2. The van der Waals surface area contributed by atoms with E-state index in [1.165, 1.54) is 33.4 Å². The number of benzene rings is 2. The summed E-state index contributed by atoms with van der Waals surface area (Å²) in [6, 6.07) is 8.75. The van der Waals surface area contributed by atoms with Gasteiger partial charge in [0.15, 0.2) is 0 Å². The van der Waals surface area contributed by atoms with E-state index >= 15 is 0 Å². The van der Waals surface area contributed by atoms with Crippen LogP contribution >= 0.6 is 0 Å². The summed E-state index contributed by atoms with van der Waals surface area (Å²) < 4.78 is 0.